The molecule has 0 N–H and O–H groups in total. The van der Waals surface area contributed by atoms with E-state index >= 15 is 0 Å². The molecule has 0 aromatic rings. The smallest absolute Gasteiger partial charge is 0.113 e. The standard InChI is InChI=1S/C12H19FO/c13-1-2-14-12-6-9-3-10(7-12)5-11(4-9)8-12/h9-11H,1-8H2. The van der Waals surface area contributed by atoms with Gasteiger partial charge in [0.1, 0.15) is 6.67 Å². The van der Waals surface area contributed by atoms with E-state index in [1.165, 1.54) is 38.5 Å². The quantitative estimate of drug-likeness (QED) is 0.677. The maximum Gasteiger partial charge on any atom is 0.113 e. The molecule has 0 amide bonds. The van der Waals surface area contributed by atoms with Gasteiger partial charge in [-0.15, -0.1) is 0 Å². The molecular weight excluding hydrogens is 179 g/mol. The van der Waals surface area contributed by atoms with Gasteiger partial charge in [0.05, 0.1) is 12.2 Å². The fraction of sp³-hybridized carbons (Fsp3) is 1.00. The zero-order valence-electron chi connectivity index (χ0n) is 8.68. The Kier molecular flexibility index (Phi) is 2.08. The summed E-state index contributed by atoms with van der Waals surface area (Å²) in [6.07, 6.45) is 7.95. The Hall–Kier alpha value is -0.110. The van der Waals surface area contributed by atoms with Gasteiger partial charge in [0, 0.05) is 0 Å². The predicted octanol–water partition coefficient (Wildman–Crippen LogP) is 2.94. The molecule has 0 unspecified atom stereocenters. The van der Waals surface area contributed by atoms with Gasteiger partial charge < -0.3 is 4.74 Å². The molecule has 0 aromatic carbocycles. The Labute approximate surface area is 85.0 Å². The lowest BCUT2D eigenvalue weighted by Gasteiger charge is -2.56. The van der Waals surface area contributed by atoms with E-state index in [4.69, 9.17) is 4.74 Å². The van der Waals surface area contributed by atoms with Gasteiger partial charge in [-0.05, 0) is 56.3 Å². The normalized spacial score (nSPS) is 49.9. The molecule has 4 aliphatic rings. The Morgan fingerprint density at radius 2 is 1.50 bits per heavy atom. The molecular formula is C12H19FO. The summed E-state index contributed by atoms with van der Waals surface area (Å²) in [6, 6.07) is 0. The number of ether oxygens (including phenoxy) is 1. The number of rotatable bonds is 3. The molecule has 4 aliphatic carbocycles. The Bertz CT molecular complexity index is 191. The summed E-state index contributed by atoms with van der Waals surface area (Å²) in [5.74, 6) is 2.71. The second kappa shape index (κ2) is 3.19. The summed E-state index contributed by atoms with van der Waals surface area (Å²) >= 11 is 0. The van der Waals surface area contributed by atoms with Crippen LogP contribution in [-0.4, -0.2) is 18.9 Å². The minimum absolute atomic E-state index is 0.112. The average Bonchev–Trinajstić information content (AvgIpc) is 2.12. The topological polar surface area (TPSA) is 9.23 Å². The van der Waals surface area contributed by atoms with Crippen LogP contribution >= 0.6 is 0 Å². The Morgan fingerprint density at radius 1 is 1.00 bits per heavy atom. The lowest BCUT2D eigenvalue weighted by molar-refractivity contribution is -0.163. The first-order chi connectivity index (χ1) is 6.80. The molecule has 0 radical (unpaired) electrons. The van der Waals surface area contributed by atoms with Crippen molar-refractivity contribution >= 4 is 0 Å². The van der Waals surface area contributed by atoms with Crippen molar-refractivity contribution in [2.75, 3.05) is 13.3 Å². The monoisotopic (exact) mass is 198 g/mol. The second-order valence-electron chi connectivity index (χ2n) is 5.64. The number of halogens is 1. The zero-order valence-corrected chi connectivity index (χ0v) is 8.68. The van der Waals surface area contributed by atoms with Crippen molar-refractivity contribution in [3.63, 3.8) is 0 Å². The molecule has 0 aliphatic heterocycles. The van der Waals surface area contributed by atoms with Crippen molar-refractivity contribution in [1.82, 2.24) is 0 Å². The lowest BCUT2D eigenvalue weighted by Crippen LogP contribution is -2.52. The summed E-state index contributed by atoms with van der Waals surface area (Å²) in [5, 5.41) is 0. The van der Waals surface area contributed by atoms with E-state index in [0.717, 1.165) is 17.8 Å². The van der Waals surface area contributed by atoms with Gasteiger partial charge >= 0.3 is 0 Å². The highest BCUT2D eigenvalue weighted by atomic mass is 19.1. The molecule has 0 heterocycles. The lowest BCUT2D eigenvalue weighted by atomic mass is 9.54. The van der Waals surface area contributed by atoms with Crippen molar-refractivity contribution in [2.24, 2.45) is 17.8 Å². The summed E-state index contributed by atoms with van der Waals surface area (Å²) in [5.41, 5.74) is 0.112. The minimum atomic E-state index is -0.318. The highest BCUT2D eigenvalue weighted by Crippen LogP contribution is 2.56. The van der Waals surface area contributed by atoms with Crippen LogP contribution in [-0.2, 0) is 4.74 Å². The maximum absolute atomic E-state index is 12.2. The van der Waals surface area contributed by atoms with Gasteiger partial charge in [0.15, 0.2) is 0 Å². The van der Waals surface area contributed by atoms with Gasteiger partial charge in [-0.1, -0.05) is 0 Å². The number of hydrogen-bond acceptors (Lipinski definition) is 1. The van der Waals surface area contributed by atoms with Crippen LogP contribution in [0.15, 0.2) is 0 Å². The molecule has 0 spiro atoms. The first kappa shape index (κ1) is 9.14. The molecule has 4 saturated carbocycles. The van der Waals surface area contributed by atoms with Gasteiger partial charge in [0.2, 0.25) is 0 Å². The predicted molar refractivity (Wildman–Crippen MR) is 52.8 cm³/mol. The van der Waals surface area contributed by atoms with Crippen LogP contribution in [0.5, 0.6) is 0 Å². The molecule has 0 aromatic heterocycles. The third kappa shape index (κ3) is 1.39. The van der Waals surface area contributed by atoms with E-state index in [-0.39, 0.29) is 12.3 Å². The Balaban J connectivity index is 1.74. The largest absolute Gasteiger partial charge is 0.372 e. The van der Waals surface area contributed by atoms with Crippen LogP contribution in [0.4, 0.5) is 4.39 Å². The van der Waals surface area contributed by atoms with E-state index in [0.29, 0.717) is 6.61 Å². The molecule has 0 atom stereocenters. The molecule has 1 nitrogen and oxygen atoms in total. The molecule has 4 fully saturated rings. The molecule has 4 rings (SSSR count). The summed E-state index contributed by atoms with van der Waals surface area (Å²) in [7, 11) is 0. The summed E-state index contributed by atoms with van der Waals surface area (Å²) < 4.78 is 18.0. The van der Waals surface area contributed by atoms with Crippen molar-refractivity contribution in [3.8, 4) is 0 Å². The number of alkyl halides is 1. The van der Waals surface area contributed by atoms with Crippen LogP contribution in [0.2, 0.25) is 0 Å². The summed E-state index contributed by atoms with van der Waals surface area (Å²) in [6.45, 7) is 0.00785. The van der Waals surface area contributed by atoms with Crippen molar-refractivity contribution < 1.29 is 9.13 Å². The Morgan fingerprint density at radius 3 is 1.93 bits per heavy atom. The second-order valence-corrected chi connectivity index (χ2v) is 5.64. The van der Waals surface area contributed by atoms with Gasteiger partial charge in [0.25, 0.3) is 0 Å². The molecule has 2 heteroatoms. The fourth-order valence-electron chi connectivity index (χ4n) is 4.46. The van der Waals surface area contributed by atoms with E-state index in [1.54, 1.807) is 0 Å². The van der Waals surface area contributed by atoms with Crippen molar-refractivity contribution in [1.29, 1.82) is 0 Å². The highest BCUT2D eigenvalue weighted by Gasteiger charge is 2.51. The number of hydrogen-bond donors (Lipinski definition) is 0. The first-order valence-electron chi connectivity index (χ1n) is 5.99. The molecule has 0 saturated heterocycles. The molecule has 80 valence electrons. The van der Waals surface area contributed by atoms with E-state index in [1.807, 2.05) is 0 Å². The summed E-state index contributed by atoms with van der Waals surface area (Å²) in [4.78, 5) is 0. The highest BCUT2D eigenvalue weighted by molar-refractivity contribution is 5.03. The van der Waals surface area contributed by atoms with Gasteiger partial charge in [-0.2, -0.15) is 0 Å². The van der Waals surface area contributed by atoms with Gasteiger partial charge in [-0.3, -0.25) is 0 Å². The van der Waals surface area contributed by atoms with Crippen LogP contribution in [0.1, 0.15) is 38.5 Å². The average molecular weight is 198 g/mol. The van der Waals surface area contributed by atoms with Gasteiger partial charge in [-0.25, -0.2) is 4.39 Å². The molecule has 14 heavy (non-hydrogen) atoms. The van der Waals surface area contributed by atoms with Crippen LogP contribution in [0.25, 0.3) is 0 Å². The van der Waals surface area contributed by atoms with Crippen molar-refractivity contribution in [3.05, 3.63) is 0 Å². The van der Waals surface area contributed by atoms with E-state index < -0.39 is 0 Å². The van der Waals surface area contributed by atoms with Crippen LogP contribution in [0, 0.1) is 17.8 Å². The van der Waals surface area contributed by atoms with E-state index in [2.05, 4.69) is 0 Å². The maximum atomic E-state index is 12.2. The molecule has 4 bridgehead atoms. The fourth-order valence-corrected chi connectivity index (χ4v) is 4.46. The zero-order chi connectivity index (χ0) is 9.60. The van der Waals surface area contributed by atoms with Crippen molar-refractivity contribution in [2.45, 2.75) is 44.1 Å². The van der Waals surface area contributed by atoms with Crippen LogP contribution < -0.4 is 0 Å². The third-order valence-electron chi connectivity index (χ3n) is 4.47. The first-order valence-corrected chi connectivity index (χ1v) is 5.99. The van der Waals surface area contributed by atoms with Crippen LogP contribution in [0.3, 0.4) is 0 Å². The SMILES string of the molecule is FCCOC12CC3CC(CC(C3)C1)C2. The third-order valence-corrected chi connectivity index (χ3v) is 4.47. The van der Waals surface area contributed by atoms with E-state index in [9.17, 15) is 4.39 Å². The minimum Gasteiger partial charge on any atom is -0.372 e.